The first-order valence-electron chi connectivity index (χ1n) is 8.61. The van der Waals surface area contributed by atoms with Gasteiger partial charge in [-0.05, 0) is 30.3 Å². The quantitative estimate of drug-likeness (QED) is 0.727. The minimum absolute atomic E-state index is 0.144. The molecule has 7 heteroatoms. The van der Waals surface area contributed by atoms with E-state index >= 15 is 0 Å². The summed E-state index contributed by atoms with van der Waals surface area (Å²) in [4.78, 5) is 30.2. The van der Waals surface area contributed by atoms with Crippen molar-refractivity contribution in [2.75, 3.05) is 18.4 Å². The SMILES string of the molecule is O=C(CN1CCc2[nH]c3ccc(F)cc3c(=O)c2C1)Nc1ccccc1Cl. The van der Waals surface area contributed by atoms with Crippen LogP contribution >= 0.6 is 11.6 Å². The third-order valence-electron chi connectivity index (χ3n) is 4.73. The number of hydrogen-bond donors (Lipinski definition) is 2. The summed E-state index contributed by atoms with van der Waals surface area (Å²) >= 11 is 6.06. The Labute approximate surface area is 159 Å². The number of rotatable bonds is 3. The van der Waals surface area contributed by atoms with E-state index < -0.39 is 5.82 Å². The Kier molecular flexibility index (Phi) is 4.68. The van der Waals surface area contributed by atoms with Crippen molar-refractivity contribution in [1.82, 2.24) is 9.88 Å². The van der Waals surface area contributed by atoms with Gasteiger partial charge in [0.1, 0.15) is 5.82 Å². The third kappa shape index (κ3) is 3.59. The summed E-state index contributed by atoms with van der Waals surface area (Å²) < 4.78 is 13.5. The minimum atomic E-state index is -0.445. The molecule has 2 aromatic carbocycles. The van der Waals surface area contributed by atoms with Gasteiger partial charge in [0, 0.05) is 41.7 Å². The van der Waals surface area contributed by atoms with Crippen molar-refractivity contribution >= 4 is 34.1 Å². The van der Waals surface area contributed by atoms with E-state index in [1.54, 1.807) is 30.3 Å². The number of amides is 1. The van der Waals surface area contributed by atoms with Crippen LogP contribution in [0.1, 0.15) is 11.3 Å². The number of aromatic amines is 1. The van der Waals surface area contributed by atoms with Crippen molar-refractivity contribution in [2.45, 2.75) is 13.0 Å². The van der Waals surface area contributed by atoms with Crippen LogP contribution in [0.25, 0.3) is 10.9 Å². The fourth-order valence-electron chi connectivity index (χ4n) is 3.39. The molecule has 138 valence electrons. The van der Waals surface area contributed by atoms with Gasteiger partial charge in [-0.2, -0.15) is 0 Å². The van der Waals surface area contributed by atoms with Gasteiger partial charge in [0.25, 0.3) is 0 Å². The first kappa shape index (κ1) is 17.7. The first-order chi connectivity index (χ1) is 13.0. The van der Waals surface area contributed by atoms with Crippen LogP contribution in [0.2, 0.25) is 5.02 Å². The topological polar surface area (TPSA) is 65.2 Å². The molecule has 0 unspecified atom stereocenters. The maximum atomic E-state index is 13.5. The van der Waals surface area contributed by atoms with Crippen LogP contribution in [0.4, 0.5) is 10.1 Å². The van der Waals surface area contributed by atoms with E-state index in [0.29, 0.717) is 46.7 Å². The highest BCUT2D eigenvalue weighted by atomic mass is 35.5. The number of carbonyl (C=O) groups is 1. The molecule has 0 saturated heterocycles. The molecule has 0 fully saturated rings. The van der Waals surface area contributed by atoms with Gasteiger partial charge in [0.2, 0.25) is 5.91 Å². The molecule has 1 aromatic heterocycles. The number of halogens is 2. The number of H-pyrrole nitrogens is 1. The molecule has 0 spiro atoms. The number of para-hydroxylation sites is 1. The largest absolute Gasteiger partial charge is 0.358 e. The van der Waals surface area contributed by atoms with Crippen LogP contribution in [0, 0.1) is 5.82 Å². The Bertz CT molecular complexity index is 1100. The maximum Gasteiger partial charge on any atom is 0.238 e. The molecule has 4 rings (SSSR count). The number of fused-ring (bicyclic) bond motifs is 2. The van der Waals surface area contributed by atoms with E-state index in [9.17, 15) is 14.0 Å². The lowest BCUT2D eigenvalue weighted by Crippen LogP contribution is -2.39. The molecule has 0 radical (unpaired) electrons. The van der Waals surface area contributed by atoms with E-state index in [4.69, 9.17) is 11.6 Å². The summed E-state index contributed by atoms with van der Waals surface area (Å²) in [7, 11) is 0. The van der Waals surface area contributed by atoms with E-state index in [0.717, 1.165) is 5.69 Å². The lowest BCUT2D eigenvalue weighted by molar-refractivity contribution is -0.117. The highest BCUT2D eigenvalue weighted by Gasteiger charge is 2.22. The van der Waals surface area contributed by atoms with Gasteiger partial charge in [0.15, 0.2) is 5.43 Å². The van der Waals surface area contributed by atoms with Gasteiger partial charge in [0.05, 0.1) is 17.3 Å². The van der Waals surface area contributed by atoms with Crippen LogP contribution < -0.4 is 10.7 Å². The van der Waals surface area contributed by atoms with Gasteiger partial charge >= 0.3 is 0 Å². The third-order valence-corrected chi connectivity index (χ3v) is 5.05. The van der Waals surface area contributed by atoms with Crippen molar-refractivity contribution in [3.05, 3.63) is 74.8 Å². The molecule has 0 bridgehead atoms. The Hall–Kier alpha value is -2.70. The van der Waals surface area contributed by atoms with Gasteiger partial charge in [-0.15, -0.1) is 0 Å². The summed E-state index contributed by atoms with van der Waals surface area (Å²) in [6, 6.07) is 11.2. The number of anilines is 1. The molecule has 3 aromatic rings. The van der Waals surface area contributed by atoms with Crippen LogP contribution in [-0.2, 0) is 17.8 Å². The van der Waals surface area contributed by atoms with Crippen molar-refractivity contribution < 1.29 is 9.18 Å². The predicted molar refractivity (Wildman–Crippen MR) is 104 cm³/mol. The predicted octanol–water partition coefficient (Wildman–Crippen LogP) is 3.32. The van der Waals surface area contributed by atoms with Crippen molar-refractivity contribution in [3.63, 3.8) is 0 Å². The summed E-state index contributed by atoms with van der Waals surface area (Å²) in [5.74, 6) is -0.644. The molecule has 1 aliphatic heterocycles. The highest BCUT2D eigenvalue weighted by molar-refractivity contribution is 6.33. The fraction of sp³-hybridized carbons (Fsp3) is 0.200. The Morgan fingerprint density at radius 1 is 1.26 bits per heavy atom. The van der Waals surface area contributed by atoms with E-state index in [1.165, 1.54) is 12.1 Å². The summed E-state index contributed by atoms with van der Waals surface area (Å²) in [6.45, 7) is 1.13. The minimum Gasteiger partial charge on any atom is -0.358 e. The number of benzene rings is 2. The molecule has 0 saturated carbocycles. The number of hydrogen-bond acceptors (Lipinski definition) is 3. The van der Waals surface area contributed by atoms with E-state index in [-0.39, 0.29) is 17.9 Å². The zero-order valence-electron chi connectivity index (χ0n) is 14.4. The zero-order valence-corrected chi connectivity index (χ0v) is 15.1. The van der Waals surface area contributed by atoms with Gasteiger partial charge < -0.3 is 10.3 Å². The van der Waals surface area contributed by atoms with Crippen LogP contribution in [0.15, 0.2) is 47.3 Å². The standard InChI is InChI=1S/C20H17ClFN3O2/c21-15-3-1-2-4-18(15)24-19(26)11-25-8-7-17-14(10-25)20(27)13-9-12(22)5-6-16(13)23-17/h1-6,9H,7-8,10-11H2,(H,23,27)(H,24,26). The average molecular weight is 386 g/mol. The summed E-state index contributed by atoms with van der Waals surface area (Å²) in [5.41, 5.74) is 2.44. The smallest absolute Gasteiger partial charge is 0.238 e. The summed E-state index contributed by atoms with van der Waals surface area (Å²) in [5, 5.41) is 3.59. The number of pyridine rings is 1. The maximum absolute atomic E-state index is 13.5. The Balaban J connectivity index is 1.53. The molecule has 27 heavy (non-hydrogen) atoms. The van der Waals surface area contributed by atoms with Gasteiger partial charge in [-0.25, -0.2) is 4.39 Å². The zero-order chi connectivity index (χ0) is 19.0. The van der Waals surface area contributed by atoms with Crippen LogP contribution in [0.3, 0.4) is 0 Å². The molecule has 1 aliphatic rings. The first-order valence-corrected chi connectivity index (χ1v) is 8.99. The van der Waals surface area contributed by atoms with E-state index in [1.807, 2.05) is 4.90 Å². The van der Waals surface area contributed by atoms with Crippen molar-refractivity contribution in [3.8, 4) is 0 Å². The average Bonchev–Trinajstić information content (AvgIpc) is 2.65. The van der Waals surface area contributed by atoms with E-state index in [2.05, 4.69) is 10.3 Å². The molecule has 2 heterocycles. The Morgan fingerprint density at radius 3 is 2.89 bits per heavy atom. The molecular weight excluding hydrogens is 369 g/mol. The monoisotopic (exact) mass is 385 g/mol. The molecule has 5 nitrogen and oxygen atoms in total. The van der Waals surface area contributed by atoms with Crippen molar-refractivity contribution in [2.24, 2.45) is 0 Å². The second-order valence-electron chi connectivity index (χ2n) is 6.59. The molecule has 0 atom stereocenters. The number of carbonyl (C=O) groups excluding carboxylic acids is 1. The van der Waals surface area contributed by atoms with Gasteiger partial charge in [-0.3, -0.25) is 14.5 Å². The molecule has 1 amide bonds. The van der Waals surface area contributed by atoms with Crippen LogP contribution in [0.5, 0.6) is 0 Å². The van der Waals surface area contributed by atoms with Gasteiger partial charge in [-0.1, -0.05) is 23.7 Å². The lowest BCUT2D eigenvalue weighted by Gasteiger charge is -2.27. The summed E-state index contributed by atoms with van der Waals surface area (Å²) in [6.07, 6.45) is 0.622. The Morgan fingerprint density at radius 2 is 2.07 bits per heavy atom. The molecule has 0 aliphatic carbocycles. The van der Waals surface area contributed by atoms with Crippen molar-refractivity contribution in [1.29, 1.82) is 0 Å². The lowest BCUT2D eigenvalue weighted by atomic mass is 10.0. The number of aromatic nitrogens is 1. The molecular formula is C20H17ClFN3O2. The number of nitrogens with zero attached hydrogens (tertiary/aromatic N) is 1. The number of nitrogens with one attached hydrogen (secondary N) is 2. The molecule has 2 N–H and O–H groups in total. The highest BCUT2D eigenvalue weighted by Crippen LogP contribution is 2.21. The second-order valence-corrected chi connectivity index (χ2v) is 7.00. The fourth-order valence-corrected chi connectivity index (χ4v) is 3.58. The second kappa shape index (κ2) is 7.13. The normalized spacial score (nSPS) is 14.1. The van der Waals surface area contributed by atoms with Crippen LogP contribution in [-0.4, -0.2) is 28.9 Å².